The van der Waals surface area contributed by atoms with Crippen molar-refractivity contribution in [2.45, 2.75) is 6.42 Å². The van der Waals surface area contributed by atoms with Gasteiger partial charge in [0.15, 0.2) is 6.61 Å². The van der Waals surface area contributed by atoms with Gasteiger partial charge in [0.1, 0.15) is 0 Å². The summed E-state index contributed by atoms with van der Waals surface area (Å²) in [5.41, 5.74) is 1.61. The van der Waals surface area contributed by atoms with Crippen LogP contribution in [0.15, 0.2) is 59.1 Å². The van der Waals surface area contributed by atoms with E-state index in [1.165, 1.54) is 4.90 Å². The average Bonchev–Trinajstić information content (AvgIpc) is 2.55. The number of carbonyl (C=O) groups excluding carboxylic acids is 2. The lowest BCUT2D eigenvalue weighted by Gasteiger charge is -2.17. The first-order chi connectivity index (χ1) is 10.6. The van der Waals surface area contributed by atoms with Crippen LogP contribution in [0.25, 0.3) is 0 Å². The first kappa shape index (κ1) is 16.2. The predicted molar refractivity (Wildman–Crippen MR) is 88.7 cm³/mol. The Balaban J connectivity index is 1.83. The number of likely N-dealkylation sites (N-methyl/N-ethyl adjacent to an activating group) is 1. The van der Waals surface area contributed by atoms with E-state index < -0.39 is 5.97 Å². The Kier molecular flexibility index (Phi) is 5.72. The fourth-order valence-corrected chi connectivity index (χ4v) is 2.12. The summed E-state index contributed by atoms with van der Waals surface area (Å²) in [5.74, 6) is -0.688. The zero-order valence-corrected chi connectivity index (χ0v) is 13.7. The van der Waals surface area contributed by atoms with Gasteiger partial charge in [0.05, 0.1) is 6.42 Å². The predicted octanol–water partition coefficient (Wildman–Crippen LogP) is 3.20. The van der Waals surface area contributed by atoms with Gasteiger partial charge in [-0.2, -0.15) is 0 Å². The maximum Gasteiger partial charge on any atom is 0.310 e. The number of ether oxygens (including phenoxy) is 1. The van der Waals surface area contributed by atoms with Crippen LogP contribution in [0, 0.1) is 0 Å². The van der Waals surface area contributed by atoms with Crippen molar-refractivity contribution < 1.29 is 14.3 Å². The van der Waals surface area contributed by atoms with E-state index in [1.54, 1.807) is 7.05 Å². The first-order valence-electron chi connectivity index (χ1n) is 6.78. The van der Waals surface area contributed by atoms with Crippen molar-refractivity contribution in [1.82, 2.24) is 0 Å². The third kappa shape index (κ3) is 4.70. The monoisotopic (exact) mass is 361 g/mol. The Morgan fingerprint density at radius 2 is 1.68 bits per heavy atom. The number of rotatable bonds is 5. The molecule has 0 aliphatic rings. The fraction of sp³-hybridized carbons (Fsp3) is 0.176. The van der Waals surface area contributed by atoms with Crippen LogP contribution >= 0.6 is 15.9 Å². The highest BCUT2D eigenvalue weighted by molar-refractivity contribution is 9.10. The number of para-hydroxylation sites is 1. The van der Waals surface area contributed by atoms with Crippen LogP contribution in [-0.2, 0) is 20.7 Å². The molecule has 0 aromatic heterocycles. The number of esters is 1. The quantitative estimate of drug-likeness (QED) is 0.768. The van der Waals surface area contributed by atoms with Crippen molar-refractivity contribution in [3.05, 3.63) is 64.6 Å². The Morgan fingerprint density at radius 1 is 1.05 bits per heavy atom. The molecule has 0 heterocycles. The Hall–Kier alpha value is -2.14. The summed E-state index contributed by atoms with van der Waals surface area (Å²) in [6.07, 6.45) is 0.148. The second-order valence-electron chi connectivity index (χ2n) is 4.75. The number of nitrogens with zero attached hydrogens (tertiary/aromatic N) is 1. The summed E-state index contributed by atoms with van der Waals surface area (Å²) in [7, 11) is 1.65. The molecule has 0 aliphatic heterocycles. The van der Waals surface area contributed by atoms with E-state index in [0.717, 1.165) is 15.7 Å². The third-order valence-electron chi connectivity index (χ3n) is 3.14. The van der Waals surface area contributed by atoms with Crippen LogP contribution in [0.1, 0.15) is 5.56 Å². The first-order valence-corrected chi connectivity index (χ1v) is 7.57. The molecule has 0 unspecified atom stereocenters. The summed E-state index contributed by atoms with van der Waals surface area (Å²) in [6, 6.07) is 16.6. The minimum absolute atomic E-state index is 0.148. The van der Waals surface area contributed by atoms with Crippen LogP contribution in [0.5, 0.6) is 0 Å². The van der Waals surface area contributed by atoms with Crippen molar-refractivity contribution in [3.63, 3.8) is 0 Å². The lowest BCUT2D eigenvalue weighted by atomic mass is 10.2. The smallest absolute Gasteiger partial charge is 0.310 e. The van der Waals surface area contributed by atoms with Crippen molar-refractivity contribution in [1.29, 1.82) is 0 Å². The van der Waals surface area contributed by atoms with Gasteiger partial charge in [-0.3, -0.25) is 9.59 Å². The lowest BCUT2D eigenvalue weighted by Crippen LogP contribution is -2.31. The Labute approximate surface area is 137 Å². The number of carbonyl (C=O) groups is 2. The van der Waals surface area contributed by atoms with E-state index in [1.807, 2.05) is 54.6 Å². The summed E-state index contributed by atoms with van der Waals surface area (Å²) in [4.78, 5) is 25.2. The van der Waals surface area contributed by atoms with E-state index >= 15 is 0 Å². The minimum Gasteiger partial charge on any atom is -0.455 e. The van der Waals surface area contributed by atoms with Crippen LogP contribution in [0.2, 0.25) is 0 Å². The van der Waals surface area contributed by atoms with Crippen molar-refractivity contribution in [2.24, 2.45) is 0 Å². The number of halogens is 1. The van der Waals surface area contributed by atoms with Gasteiger partial charge in [-0.25, -0.2) is 0 Å². The van der Waals surface area contributed by atoms with Gasteiger partial charge in [-0.1, -0.05) is 46.3 Å². The van der Waals surface area contributed by atoms with Crippen molar-refractivity contribution in [3.8, 4) is 0 Å². The second kappa shape index (κ2) is 7.75. The minimum atomic E-state index is -0.419. The van der Waals surface area contributed by atoms with E-state index in [9.17, 15) is 9.59 Å². The molecule has 2 aromatic rings. The number of hydrogen-bond acceptors (Lipinski definition) is 3. The molecule has 0 spiro atoms. The molecule has 4 nitrogen and oxygen atoms in total. The molecule has 0 radical (unpaired) electrons. The average molecular weight is 362 g/mol. The maximum absolute atomic E-state index is 12.0. The summed E-state index contributed by atoms with van der Waals surface area (Å²) < 4.78 is 5.99. The molecule has 0 aliphatic carbocycles. The van der Waals surface area contributed by atoms with Gasteiger partial charge in [-0.15, -0.1) is 0 Å². The van der Waals surface area contributed by atoms with Gasteiger partial charge < -0.3 is 9.64 Å². The van der Waals surface area contributed by atoms with Crippen molar-refractivity contribution >= 4 is 33.5 Å². The van der Waals surface area contributed by atoms with Crippen LogP contribution in [0.3, 0.4) is 0 Å². The Bertz CT molecular complexity index is 641. The van der Waals surface area contributed by atoms with Crippen LogP contribution in [0.4, 0.5) is 5.69 Å². The molecular weight excluding hydrogens is 346 g/mol. The highest BCUT2D eigenvalue weighted by Crippen LogP contribution is 2.12. The van der Waals surface area contributed by atoms with Crippen LogP contribution < -0.4 is 4.90 Å². The lowest BCUT2D eigenvalue weighted by molar-refractivity contribution is -0.147. The molecule has 2 aromatic carbocycles. The SMILES string of the molecule is CN(C(=O)COC(=O)Cc1ccc(Br)cc1)c1ccccc1. The number of benzene rings is 2. The van der Waals surface area contributed by atoms with E-state index in [4.69, 9.17) is 4.74 Å². The summed E-state index contributed by atoms with van der Waals surface area (Å²) in [5, 5.41) is 0. The number of hydrogen-bond donors (Lipinski definition) is 0. The molecule has 0 bridgehead atoms. The molecular formula is C17H16BrNO3. The summed E-state index contributed by atoms with van der Waals surface area (Å²) >= 11 is 3.33. The standard InChI is InChI=1S/C17H16BrNO3/c1-19(15-5-3-2-4-6-15)16(20)12-22-17(21)11-13-7-9-14(18)10-8-13/h2-10H,11-12H2,1H3. The van der Waals surface area contributed by atoms with Crippen molar-refractivity contribution in [2.75, 3.05) is 18.6 Å². The number of amides is 1. The summed E-state index contributed by atoms with van der Waals surface area (Å²) in [6.45, 7) is -0.263. The van der Waals surface area contributed by atoms with Gasteiger partial charge >= 0.3 is 5.97 Å². The number of anilines is 1. The zero-order valence-electron chi connectivity index (χ0n) is 12.2. The maximum atomic E-state index is 12.0. The van der Waals surface area contributed by atoms with Gasteiger partial charge in [0.25, 0.3) is 5.91 Å². The fourth-order valence-electron chi connectivity index (χ4n) is 1.85. The molecule has 0 fully saturated rings. The molecule has 114 valence electrons. The van der Waals surface area contributed by atoms with Crippen LogP contribution in [-0.4, -0.2) is 25.5 Å². The highest BCUT2D eigenvalue weighted by Gasteiger charge is 2.13. The normalized spacial score (nSPS) is 10.1. The molecule has 0 saturated heterocycles. The molecule has 2 rings (SSSR count). The molecule has 1 amide bonds. The largest absolute Gasteiger partial charge is 0.455 e. The zero-order chi connectivity index (χ0) is 15.9. The van der Waals surface area contributed by atoms with E-state index in [-0.39, 0.29) is 18.9 Å². The second-order valence-corrected chi connectivity index (χ2v) is 5.67. The van der Waals surface area contributed by atoms with Gasteiger partial charge in [0.2, 0.25) is 0 Å². The molecule has 0 atom stereocenters. The molecule has 5 heteroatoms. The third-order valence-corrected chi connectivity index (χ3v) is 3.66. The van der Waals surface area contributed by atoms with Gasteiger partial charge in [-0.05, 0) is 29.8 Å². The Morgan fingerprint density at radius 3 is 2.32 bits per heavy atom. The van der Waals surface area contributed by atoms with E-state index in [2.05, 4.69) is 15.9 Å². The topological polar surface area (TPSA) is 46.6 Å². The van der Waals surface area contributed by atoms with E-state index in [0.29, 0.717) is 0 Å². The molecule has 22 heavy (non-hydrogen) atoms. The van der Waals surface area contributed by atoms with Gasteiger partial charge in [0, 0.05) is 17.2 Å². The molecule has 0 N–H and O–H groups in total. The molecule has 0 saturated carbocycles. The highest BCUT2D eigenvalue weighted by atomic mass is 79.9.